The third-order valence-corrected chi connectivity index (χ3v) is 4.34. The van der Waals surface area contributed by atoms with Crippen LogP contribution >= 0.6 is 15.9 Å². The lowest BCUT2D eigenvalue weighted by atomic mass is 10.1. The number of ether oxygens (including phenoxy) is 1. The molecule has 0 aliphatic carbocycles. The number of benzene rings is 2. The Hall–Kier alpha value is -1.87. The van der Waals surface area contributed by atoms with E-state index in [1.165, 1.54) is 5.39 Å². The van der Waals surface area contributed by atoms with E-state index in [4.69, 9.17) is 9.72 Å². The van der Waals surface area contributed by atoms with Gasteiger partial charge >= 0.3 is 0 Å². The van der Waals surface area contributed by atoms with Gasteiger partial charge in [-0.15, -0.1) is 0 Å². The number of pyridine rings is 1. The fourth-order valence-corrected chi connectivity index (χ4v) is 3.15. The van der Waals surface area contributed by atoms with E-state index in [9.17, 15) is 0 Å². The molecule has 0 saturated carbocycles. The zero-order chi connectivity index (χ0) is 14.7. The fraction of sp³-hybridized carbons (Fsp3) is 0.167. The minimum absolute atomic E-state index is 0.183. The van der Waals surface area contributed by atoms with Crippen LogP contribution in [0.5, 0.6) is 5.75 Å². The van der Waals surface area contributed by atoms with Gasteiger partial charge in [-0.1, -0.05) is 58.4 Å². The number of para-hydroxylation sites is 2. The molecule has 3 heteroatoms. The van der Waals surface area contributed by atoms with Crippen LogP contribution in [0.3, 0.4) is 0 Å². The summed E-state index contributed by atoms with van der Waals surface area (Å²) in [5, 5.41) is 1.17. The third kappa shape index (κ3) is 3.08. The number of nitrogens with zero attached hydrogens (tertiary/aromatic N) is 1. The fourth-order valence-electron chi connectivity index (χ4n) is 2.44. The quantitative estimate of drug-likeness (QED) is 0.628. The van der Waals surface area contributed by atoms with Crippen molar-refractivity contribution in [3.05, 3.63) is 71.9 Å². The second kappa shape index (κ2) is 6.27. The Kier molecular flexibility index (Phi) is 4.20. The number of alkyl halides is 1. The second-order valence-electron chi connectivity index (χ2n) is 4.91. The van der Waals surface area contributed by atoms with Gasteiger partial charge in [0.15, 0.2) is 0 Å². The van der Waals surface area contributed by atoms with Gasteiger partial charge in [-0.05, 0) is 18.2 Å². The molecule has 0 aliphatic heterocycles. The van der Waals surface area contributed by atoms with Crippen molar-refractivity contribution in [3.8, 4) is 5.75 Å². The van der Waals surface area contributed by atoms with Crippen molar-refractivity contribution in [2.45, 2.75) is 11.2 Å². The maximum absolute atomic E-state index is 5.42. The SMILES string of the molecule is COc1ccccc1C(Br)Cc1ccc2ccccc2n1. The molecular weight excluding hydrogens is 326 g/mol. The third-order valence-electron chi connectivity index (χ3n) is 3.52. The Morgan fingerprint density at radius 2 is 1.76 bits per heavy atom. The minimum Gasteiger partial charge on any atom is -0.496 e. The number of hydrogen-bond donors (Lipinski definition) is 0. The molecule has 106 valence electrons. The van der Waals surface area contributed by atoms with E-state index in [1.807, 2.05) is 36.4 Å². The summed E-state index contributed by atoms with van der Waals surface area (Å²) in [6.45, 7) is 0. The van der Waals surface area contributed by atoms with Crippen LogP contribution in [0.1, 0.15) is 16.1 Å². The smallest absolute Gasteiger partial charge is 0.123 e. The lowest BCUT2D eigenvalue weighted by molar-refractivity contribution is 0.409. The average Bonchev–Trinajstić information content (AvgIpc) is 2.54. The Bertz CT molecular complexity index is 757. The van der Waals surface area contributed by atoms with Crippen LogP contribution in [0.15, 0.2) is 60.7 Å². The summed E-state index contributed by atoms with van der Waals surface area (Å²) in [4.78, 5) is 4.91. The predicted molar refractivity (Wildman–Crippen MR) is 90.1 cm³/mol. The first-order valence-corrected chi connectivity index (χ1v) is 7.81. The number of aromatic nitrogens is 1. The molecular formula is C18H16BrNO. The van der Waals surface area contributed by atoms with Gasteiger partial charge in [-0.2, -0.15) is 0 Å². The summed E-state index contributed by atoms with van der Waals surface area (Å²) in [7, 11) is 1.70. The van der Waals surface area contributed by atoms with Gasteiger partial charge < -0.3 is 4.74 Å². The van der Waals surface area contributed by atoms with Crippen molar-refractivity contribution in [2.75, 3.05) is 7.11 Å². The highest BCUT2D eigenvalue weighted by Gasteiger charge is 2.14. The maximum Gasteiger partial charge on any atom is 0.123 e. The molecule has 1 unspecified atom stereocenters. The molecule has 1 aromatic heterocycles. The van der Waals surface area contributed by atoms with Crippen molar-refractivity contribution in [3.63, 3.8) is 0 Å². The van der Waals surface area contributed by atoms with Crippen molar-refractivity contribution in [2.24, 2.45) is 0 Å². The molecule has 3 rings (SSSR count). The van der Waals surface area contributed by atoms with E-state index in [1.54, 1.807) is 7.11 Å². The molecule has 3 aromatic rings. The molecule has 0 N–H and O–H groups in total. The van der Waals surface area contributed by atoms with Crippen LogP contribution < -0.4 is 4.74 Å². The Morgan fingerprint density at radius 3 is 2.62 bits per heavy atom. The van der Waals surface area contributed by atoms with Gasteiger partial charge in [-0.3, -0.25) is 4.98 Å². The predicted octanol–water partition coefficient (Wildman–Crippen LogP) is 4.92. The molecule has 0 saturated heterocycles. The number of methoxy groups -OCH3 is 1. The number of rotatable bonds is 4. The van der Waals surface area contributed by atoms with Crippen molar-refractivity contribution >= 4 is 26.8 Å². The van der Waals surface area contributed by atoms with Gasteiger partial charge in [0.2, 0.25) is 0 Å². The zero-order valence-electron chi connectivity index (χ0n) is 11.8. The monoisotopic (exact) mass is 341 g/mol. The van der Waals surface area contributed by atoms with Crippen LogP contribution in [0.25, 0.3) is 10.9 Å². The number of fused-ring (bicyclic) bond motifs is 1. The van der Waals surface area contributed by atoms with Crippen molar-refractivity contribution < 1.29 is 4.74 Å². The lowest BCUT2D eigenvalue weighted by Crippen LogP contribution is -2.00. The molecule has 0 amide bonds. The highest BCUT2D eigenvalue weighted by molar-refractivity contribution is 9.09. The largest absolute Gasteiger partial charge is 0.496 e. The maximum atomic E-state index is 5.42. The van der Waals surface area contributed by atoms with Crippen LogP contribution in [-0.4, -0.2) is 12.1 Å². The Labute approximate surface area is 132 Å². The van der Waals surface area contributed by atoms with Gasteiger partial charge in [0.05, 0.1) is 12.6 Å². The summed E-state index contributed by atoms with van der Waals surface area (Å²) in [6, 6.07) is 20.5. The molecule has 0 bridgehead atoms. The molecule has 0 fully saturated rings. The molecule has 2 aromatic carbocycles. The number of hydrogen-bond acceptors (Lipinski definition) is 2. The van der Waals surface area contributed by atoms with Crippen LogP contribution in [0.4, 0.5) is 0 Å². The standard InChI is InChI=1S/C18H16BrNO/c1-21-18-9-5-3-7-15(18)16(19)12-14-11-10-13-6-2-4-8-17(13)20-14/h2-11,16H,12H2,1H3. The normalized spacial score (nSPS) is 12.3. The van der Waals surface area contributed by atoms with Gasteiger partial charge in [0, 0.05) is 27.9 Å². The topological polar surface area (TPSA) is 22.1 Å². The molecule has 1 heterocycles. The summed E-state index contributed by atoms with van der Waals surface area (Å²) < 4.78 is 5.42. The zero-order valence-corrected chi connectivity index (χ0v) is 13.4. The summed E-state index contributed by atoms with van der Waals surface area (Å²) in [5.41, 5.74) is 3.26. The van der Waals surface area contributed by atoms with Crippen LogP contribution in [-0.2, 0) is 6.42 Å². The first-order chi connectivity index (χ1) is 10.3. The molecule has 21 heavy (non-hydrogen) atoms. The van der Waals surface area contributed by atoms with E-state index in [0.29, 0.717) is 0 Å². The highest BCUT2D eigenvalue weighted by atomic mass is 79.9. The van der Waals surface area contributed by atoms with E-state index >= 15 is 0 Å². The molecule has 0 radical (unpaired) electrons. The molecule has 2 nitrogen and oxygen atoms in total. The molecule has 0 spiro atoms. The Balaban J connectivity index is 1.87. The second-order valence-corrected chi connectivity index (χ2v) is 6.01. The number of halogens is 1. The summed E-state index contributed by atoms with van der Waals surface area (Å²) >= 11 is 3.76. The van der Waals surface area contributed by atoms with Crippen molar-refractivity contribution in [1.29, 1.82) is 0 Å². The highest BCUT2D eigenvalue weighted by Crippen LogP contribution is 2.33. The Morgan fingerprint density at radius 1 is 1.00 bits per heavy atom. The molecule has 1 atom stereocenters. The van der Waals surface area contributed by atoms with E-state index in [2.05, 4.69) is 40.2 Å². The van der Waals surface area contributed by atoms with Gasteiger partial charge in [0.1, 0.15) is 5.75 Å². The summed E-state index contributed by atoms with van der Waals surface area (Å²) in [6.07, 6.45) is 0.825. The lowest BCUT2D eigenvalue weighted by Gasteiger charge is -2.14. The molecule has 0 aliphatic rings. The average molecular weight is 342 g/mol. The van der Waals surface area contributed by atoms with Crippen LogP contribution in [0, 0.1) is 0 Å². The van der Waals surface area contributed by atoms with Crippen LogP contribution in [0.2, 0.25) is 0 Å². The first kappa shape index (κ1) is 14.1. The van der Waals surface area contributed by atoms with E-state index < -0.39 is 0 Å². The minimum atomic E-state index is 0.183. The van der Waals surface area contributed by atoms with Crippen molar-refractivity contribution in [1.82, 2.24) is 4.98 Å². The van der Waals surface area contributed by atoms with Gasteiger partial charge in [0.25, 0.3) is 0 Å². The first-order valence-electron chi connectivity index (χ1n) is 6.89. The van der Waals surface area contributed by atoms with Gasteiger partial charge in [-0.25, -0.2) is 0 Å². The summed E-state index contributed by atoms with van der Waals surface area (Å²) in [5.74, 6) is 0.903. The van der Waals surface area contributed by atoms with E-state index in [0.717, 1.165) is 28.9 Å². The van der Waals surface area contributed by atoms with E-state index in [-0.39, 0.29) is 4.83 Å².